The summed E-state index contributed by atoms with van der Waals surface area (Å²) in [4.78, 5) is 28.7. The number of rotatable bonds is 2. The molecule has 1 aliphatic heterocycles. The van der Waals surface area contributed by atoms with Gasteiger partial charge < -0.3 is 15.3 Å². The molecule has 2 amide bonds. The van der Waals surface area contributed by atoms with Crippen molar-refractivity contribution in [3.05, 3.63) is 24.0 Å². The summed E-state index contributed by atoms with van der Waals surface area (Å²) < 4.78 is 0. The van der Waals surface area contributed by atoms with E-state index in [0.717, 1.165) is 12.1 Å². The SMILES string of the molecule is Cc1ncccc1NC(=O)N1CCC[C@@H](C(=O)O)C1. The van der Waals surface area contributed by atoms with E-state index in [0.29, 0.717) is 18.7 Å². The van der Waals surface area contributed by atoms with Crippen LogP contribution in [0.3, 0.4) is 0 Å². The van der Waals surface area contributed by atoms with Gasteiger partial charge in [-0.3, -0.25) is 9.78 Å². The molecular formula is C13H17N3O3. The normalized spacial score (nSPS) is 19.0. The average molecular weight is 263 g/mol. The van der Waals surface area contributed by atoms with Crippen molar-refractivity contribution >= 4 is 17.7 Å². The lowest BCUT2D eigenvalue weighted by molar-refractivity contribution is -0.143. The topological polar surface area (TPSA) is 82.5 Å². The van der Waals surface area contributed by atoms with Crippen LogP contribution in [0, 0.1) is 12.8 Å². The van der Waals surface area contributed by atoms with Crippen LogP contribution < -0.4 is 5.32 Å². The quantitative estimate of drug-likeness (QED) is 0.851. The van der Waals surface area contributed by atoms with Gasteiger partial charge in [0.05, 0.1) is 17.3 Å². The van der Waals surface area contributed by atoms with Gasteiger partial charge in [0.2, 0.25) is 0 Å². The molecule has 1 aliphatic rings. The molecule has 1 saturated heterocycles. The van der Waals surface area contributed by atoms with E-state index in [9.17, 15) is 9.59 Å². The van der Waals surface area contributed by atoms with Crippen molar-refractivity contribution in [1.29, 1.82) is 0 Å². The number of carboxylic acids is 1. The highest BCUT2D eigenvalue weighted by Crippen LogP contribution is 2.18. The molecule has 0 unspecified atom stereocenters. The summed E-state index contributed by atoms with van der Waals surface area (Å²) in [6.07, 6.45) is 3.01. The number of carbonyl (C=O) groups excluding carboxylic acids is 1. The van der Waals surface area contributed by atoms with Crippen molar-refractivity contribution < 1.29 is 14.7 Å². The number of hydrogen-bond acceptors (Lipinski definition) is 3. The molecule has 1 aromatic heterocycles. The number of hydrogen-bond donors (Lipinski definition) is 2. The third-order valence-corrected chi connectivity index (χ3v) is 3.31. The Kier molecular flexibility index (Phi) is 3.99. The fourth-order valence-electron chi connectivity index (χ4n) is 2.17. The maximum Gasteiger partial charge on any atom is 0.321 e. The van der Waals surface area contributed by atoms with E-state index in [2.05, 4.69) is 10.3 Å². The molecule has 102 valence electrons. The highest BCUT2D eigenvalue weighted by atomic mass is 16.4. The molecule has 1 atom stereocenters. The molecule has 0 bridgehead atoms. The number of piperidine rings is 1. The van der Waals surface area contributed by atoms with Gasteiger partial charge in [0.25, 0.3) is 0 Å². The molecule has 0 aliphatic carbocycles. The van der Waals surface area contributed by atoms with Crippen molar-refractivity contribution in [3.8, 4) is 0 Å². The maximum atomic E-state index is 12.1. The van der Waals surface area contributed by atoms with E-state index < -0.39 is 11.9 Å². The number of carboxylic acid groups (broad SMARTS) is 1. The number of urea groups is 1. The summed E-state index contributed by atoms with van der Waals surface area (Å²) in [6.45, 7) is 2.67. The van der Waals surface area contributed by atoms with Crippen molar-refractivity contribution in [3.63, 3.8) is 0 Å². The Bertz CT molecular complexity index is 490. The lowest BCUT2D eigenvalue weighted by Crippen LogP contribution is -2.44. The van der Waals surface area contributed by atoms with Crippen LogP contribution in [0.5, 0.6) is 0 Å². The molecule has 0 spiro atoms. The van der Waals surface area contributed by atoms with Gasteiger partial charge in [0, 0.05) is 19.3 Å². The van der Waals surface area contributed by atoms with Crippen molar-refractivity contribution in [2.45, 2.75) is 19.8 Å². The molecule has 0 aromatic carbocycles. The fourth-order valence-corrected chi connectivity index (χ4v) is 2.17. The summed E-state index contributed by atoms with van der Waals surface area (Å²) in [6, 6.07) is 3.26. The van der Waals surface area contributed by atoms with E-state index in [1.807, 2.05) is 6.92 Å². The van der Waals surface area contributed by atoms with Crippen LogP contribution in [0.15, 0.2) is 18.3 Å². The molecular weight excluding hydrogens is 246 g/mol. The minimum Gasteiger partial charge on any atom is -0.481 e. The second-order valence-corrected chi connectivity index (χ2v) is 4.69. The molecule has 1 aromatic rings. The third kappa shape index (κ3) is 3.21. The fraction of sp³-hybridized carbons (Fsp3) is 0.462. The Labute approximate surface area is 111 Å². The second kappa shape index (κ2) is 5.69. The summed E-state index contributed by atoms with van der Waals surface area (Å²) in [5.41, 5.74) is 1.40. The Morgan fingerprint density at radius 2 is 2.32 bits per heavy atom. The van der Waals surface area contributed by atoms with Crippen LogP contribution in [-0.2, 0) is 4.79 Å². The number of aliphatic carboxylic acids is 1. The molecule has 0 radical (unpaired) electrons. The Hall–Kier alpha value is -2.11. The Morgan fingerprint density at radius 3 is 3.00 bits per heavy atom. The molecule has 1 fully saturated rings. The summed E-state index contributed by atoms with van der Waals surface area (Å²) in [7, 11) is 0. The minimum atomic E-state index is -0.838. The van der Waals surface area contributed by atoms with Gasteiger partial charge in [-0.1, -0.05) is 0 Å². The summed E-state index contributed by atoms with van der Waals surface area (Å²) >= 11 is 0. The van der Waals surface area contributed by atoms with Gasteiger partial charge in [0.15, 0.2) is 0 Å². The number of aromatic nitrogens is 1. The standard InChI is InChI=1S/C13H17N3O3/c1-9-11(5-2-6-14-9)15-13(19)16-7-3-4-10(8-16)12(17)18/h2,5-6,10H,3-4,7-8H2,1H3,(H,15,19)(H,17,18)/t10-/m1/s1. The van der Waals surface area contributed by atoms with E-state index in [1.54, 1.807) is 23.2 Å². The first-order valence-corrected chi connectivity index (χ1v) is 6.28. The number of carbonyl (C=O) groups is 2. The van der Waals surface area contributed by atoms with Crippen LogP contribution in [0.4, 0.5) is 10.5 Å². The maximum absolute atomic E-state index is 12.1. The summed E-state index contributed by atoms with van der Waals surface area (Å²) in [5.74, 6) is -1.30. The molecule has 2 rings (SSSR count). The van der Waals surface area contributed by atoms with Gasteiger partial charge in [-0.2, -0.15) is 0 Å². The van der Waals surface area contributed by atoms with Crippen LogP contribution in [0.25, 0.3) is 0 Å². The van der Waals surface area contributed by atoms with E-state index in [1.165, 1.54) is 0 Å². The monoisotopic (exact) mass is 263 g/mol. The number of nitrogens with one attached hydrogen (secondary N) is 1. The highest BCUT2D eigenvalue weighted by molar-refractivity contribution is 5.90. The largest absolute Gasteiger partial charge is 0.481 e. The number of likely N-dealkylation sites (tertiary alicyclic amines) is 1. The third-order valence-electron chi connectivity index (χ3n) is 3.31. The van der Waals surface area contributed by atoms with Gasteiger partial charge in [-0.05, 0) is 31.9 Å². The molecule has 0 saturated carbocycles. The first-order chi connectivity index (χ1) is 9.08. The zero-order valence-corrected chi connectivity index (χ0v) is 10.8. The number of aryl methyl sites for hydroxylation is 1. The first-order valence-electron chi connectivity index (χ1n) is 6.28. The predicted octanol–water partition coefficient (Wildman–Crippen LogP) is 1.72. The number of pyridine rings is 1. The van der Waals surface area contributed by atoms with E-state index in [-0.39, 0.29) is 12.6 Å². The van der Waals surface area contributed by atoms with Crippen molar-refractivity contribution in [1.82, 2.24) is 9.88 Å². The highest BCUT2D eigenvalue weighted by Gasteiger charge is 2.28. The molecule has 2 N–H and O–H groups in total. The van der Waals surface area contributed by atoms with E-state index in [4.69, 9.17) is 5.11 Å². The van der Waals surface area contributed by atoms with Crippen LogP contribution in [0.2, 0.25) is 0 Å². The molecule has 19 heavy (non-hydrogen) atoms. The number of nitrogens with zero attached hydrogens (tertiary/aromatic N) is 2. The minimum absolute atomic E-state index is 0.262. The van der Waals surface area contributed by atoms with Crippen molar-refractivity contribution in [2.75, 3.05) is 18.4 Å². The van der Waals surface area contributed by atoms with Gasteiger partial charge >= 0.3 is 12.0 Å². The van der Waals surface area contributed by atoms with Crippen LogP contribution >= 0.6 is 0 Å². The molecule has 6 nitrogen and oxygen atoms in total. The first kappa shape index (κ1) is 13.3. The van der Waals surface area contributed by atoms with E-state index >= 15 is 0 Å². The van der Waals surface area contributed by atoms with Crippen molar-refractivity contribution in [2.24, 2.45) is 5.92 Å². The zero-order chi connectivity index (χ0) is 13.8. The Balaban J connectivity index is 2.00. The smallest absolute Gasteiger partial charge is 0.321 e. The van der Waals surface area contributed by atoms with Gasteiger partial charge in [-0.25, -0.2) is 4.79 Å². The second-order valence-electron chi connectivity index (χ2n) is 4.69. The number of amides is 2. The molecule has 2 heterocycles. The zero-order valence-electron chi connectivity index (χ0n) is 10.8. The van der Waals surface area contributed by atoms with Gasteiger partial charge in [-0.15, -0.1) is 0 Å². The predicted molar refractivity (Wildman–Crippen MR) is 69.9 cm³/mol. The summed E-state index contributed by atoms with van der Waals surface area (Å²) in [5, 5.41) is 11.8. The molecule has 6 heteroatoms. The van der Waals surface area contributed by atoms with Gasteiger partial charge in [0.1, 0.15) is 0 Å². The van der Waals surface area contributed by atoms with Crippen LogP contribution in [0.1, 0.15) is 18.5 Å². The lowest BCUT2D eigenvalue weighted by atomic mass is 9.99. The Morgan fingerprint density at radius 1 is 1.53 bits per heavy atom. The lowest BCUT2D eigenvalue weighted by Gasteiger charge is -2.30. The van der Waals surface area contributed by atoms with Crippen LogP contribution in [-0.4, -0.2) is 40.1 Å². The number of anilines is 1. The average Bonchev–Trinajstić information content (AvgIpc) is 2.41.